The summed E-state index contributed by atoms with van der Waals surface area (Å²) in [5, 5.41) is 12.4. The van der Waals surface area contributed by atoms with Crippen LogP contribution in [0, 0.1) is 24.2 Å². The maximum atomic E-state index is 8.95. The van der Waals surface area contributed by atoms with Crippen molar-refractivity contribution in [2.45, 2.75) is 19.4 Å². The molecule has 2 bridgehead atoms. The SMILES string of the molecule is Cc1cc(C#N)nc(N2CC3CNCC2C3)n1. The van der Waals surface area contributed by atoms with Crippen molar-refractivity contribution < 1.29 is 0 Å². The second-order valence-corrected chi connectivity index (χ2v) is 4.87. The highest BCUT2D eigenvalue weighted by atomic mass is 15.3. The molecule has 0 aliphatic carbocycles. The third-order valence-electron chi connectivity index (χ3n) is 3.53. The fraction of sp³-hybridized carbons (Fsp3) is 0.583. The van der Waals surface area contributed by atoms with Crippen LogP contribution in [0.1, 0.15) is 17.8 Å². The first kappa shape index (κ1) is 10.5. The van der Waals surface area contributed by atoms with Crippen molar-refractivity contribution in [3.8, 4) is 6.07 Å². The number of rotatable bonds is 1. The summed E-state index contributed by atoms with van der Waals surface area (Å²) in [4.78, 5) is 11.0. The first-order chi connectivity index (χ1) is 8.26. The molecule has 0 saturated carbocycles. The van der Waals surface area contributed by atoms with E-state index in [1.807, 2.05) is 6.92 Å². The average molecular weight is 229 g/mol. The molecule has 0 aromatic carbocycles. The molecule has 3 heterocycles. The molecule has 2 saturated heterocycles. The Morgan fingerprint density at radius 1 is 1.47 bits per heavy atom. The third kappa shape index (κ3) is 1.85. The molecule has 1 aromatic heterocycles. The number of nitrogens with one attached hydrogen (secondary N) is 1. The molecule has 2 atom stereocenters. The highest BCUT2D eigenvalue weighted by Crippen LogP contribution is 2.28. The Morgan fingerprint density at radius 3 is 3.12 bits per heavy atom. The lowest BCUT2D eigenvalue weighted by Gasteiger charge is -2.25. The van der Waals surface area contributed by atoms with Crippen LogP contribution < -0.4 is 10.2 Å². The first-order valence-electron chi connectivity index (χ1n) is 5.99. The maximum absolute atomic E-state index is 8.95. The molecule has 0 spiro atoms. The predicted molar refractivity (Wildman–Crippen MR) is 63.6 cm³/mol. The number of nitrogens with zero attached hydrogens (tertiary/aromatic N) is 4. The Bertz CT molecular complexity index is 478. The summed E-state index contributed by atoms with van der Waals surface area (Å²) in [5.41, 5.74) is 1.32. The van der Waals surface area contributed by atoms with Crippen LogP contribution in [-0.4, -0.2) is 35.6 Å². The van der Waals surface area contributed by atoms with Crippen molar-refractivity contribution in [2.75, 3.05) is 24.5 Å². The molecule has 2 aliphatic heterocycles. The van der Waals surface area contributed by atoms with Gasteiger partial charge in [-0.1, -0.05) is 0 Å². The van der Waals surface area contributed by atoms with Crippen LogP contribution in [0.4, 0.5) is 5.95 Å². The van der Waals surface area contributed by atoms with Crippen LogP contribution in [-0.2, 0) is 0 Å². The summed E-state index contributed by atoms with van der Waals surface area (Å²) in [6, 6.07) is 4.31. The molecule has 0 radical (unpaired) electrons. The molecule has 3 rings (SSSR count). The number of aromatic nitrogens is 2. The summed E-state index contributed by atoms with van der Waals surface area (Å²) in [5.74, 6) is 1.42. The second kappa shape index (κ2) is 3.97. The van der Waals surface area contributed by atoms with Gasteiger partial charge in [0, 0.05) is 24.8 Å². The van der Waals surface area contributed by atoms with Crippen molar-refractivity contribution in [3.63, 3.8) is 0 Å². The molecule has 1 N–H and O–H groups in total. The van der Waals surface area contributed by atoms with Gasteiger partial charge in [-0.25, -0.2) is 9.97 Å². The zero-order valence-electron chi connectivity index (χ0n) is 9.85. The highest BCUT2D eigenvalue weighted by molar-refractivity contribution is 5.39. The van der Waals surface area contributed by atoms with E-state index in [1.165, 1.54) is 6.42 Å². The van der Waals surface area contributed by atoms with E-state index in [1.54, 1.807) is 6.07 Å². The molecule has 5 heteroatoms. The fourth-order valence-corrected chi connectivity index (χ4v) is 2.79. The van der Waals surface area contributed by atoms with Crippen LogP contribution in [0.25, 0.3) is 0 Å². The number of nitriles is 1. The lowest BCUT2D eigenvalue weighted by Crippen LogP contribution is -2.39. The van der Waals surface area contributed by atoms with Gasteiger partial charge in [-0.05, 0) is 31.9 Å². The van der Waals surface area contributed by atoms with E-state index in [2.05, 4.69) is 26.3 Å². The van der Waals surface area contributed by atoms with Crippen molar-refractivity contribution in [2.24, 2.45) is 5.92 Å². The minimum atomic E-state index is 0.460. The summed E-state index contributed by atoms with van der Waals surface area (Å²) >= 11 is 0. The van der Waals surface area contributed by atoms with Crippen molar-refractivity contribution in [3.05, 3.63) is 17.5 Å². The molecule has 17 heavy (non-hydrogen) atoms. The Labute approximate surface area is 100 Å². The van der Waals surface area contributed by atoms with E-state index in [9.17, 15) is 0 Å². The topological polar surface area (TPSA) is 64.8 Å². The van der Waals surface area contributed by atoms with Crippen LogP contribution in [0.3, 0.4) is 0 Å². The van der Waals surface area contributed by atoms with E-state index in [0.717, 1.165) is 31.3 Å². The predicted octanol–water partition coefficient (Wildman–Crippen LogP) is 0.455. The molecule has 5 nitrogen and oxygen atoms in total. The number of hydrogen-bond acceptors (Lipinski definition) is 5. The Hall–Kier alpha value is -1.67. The van der Waals surface area contributed by atoms with Crippen LogP contribution in [0.5, 0.6) is 0 Å². The quantitative estimate of drug-likeness (QED) is 0.757. The van der Waals surface area contributed by atoms with Gasteiger partial charge < -0.3 is 10.2 Å². The van der Waals surface area contributed by atoms with Gasteiger partial charge in [-0.3, -0.25) is 0 Å². The fourth-order valence-electron chi connectivity index (χ4n) is 2.79. The van der Waals surface area contributed by atoms with Crippen LogP contribution >= 0.6 is 0 Å². The standard InChI is InChI=1S/C12H15N5/c1-8-2-10(4-13)16-12(15-8)17-7-9-3-11(17)6-14-5-9/h2,9,11,14H,3,5-7H2,1H3. The number of anilines is 1. The van der Waals surface area contributed by atoms with Crippen LogP contribution in [0.2, 0.25) is 0 Å². The molecule has 2 aliphatic rings. The van der Waals surface area contributed by atoms with Crippen molar-refractivity contribution in [1.29, 1.82) is 5.26 Å². The van der Waals surface area contributed by atoms with Gasteiger partial charge >= 0.3 is 0 Å². The van der Waals surface area contributed by atoms with Gasteiger partial charge in [-0.2, -0.15) is 5.26 Å². The van der Waals surface area contributed by atoms with E-state index in [-0.39, 0.29) is 0 Å². The zero-order valence-corrected chi connectivity index (χ0v) is 9.85. The smallest absolute Gasteiger partial charge is 0.227 e. The summed E-state index contributed by atoms with van der Waals surface area (Å²) in [6.07, 6.45) is 1.21. The molecular formula is C12H15N5. The summed E-state index contributed by atoms with van der Waals surface area (Å²) in [6.45, 7) is 5.00. The van der Waals surface area contributed by atoms with E-state index in [4.69, 9.17) is 5.26 Å². The zero-order chi connectivity index (χ0) is 11.8. The van der Waals surface area contributed by atoms with Gasteiger partial charge in [0.15, 0.2) is 0 Å². The minimum absolute atomic E-state index is 0.460. The number of fused-ring (bicyclic) bond motifs is 2. The number of aryl methyl sites for hydroxylation is 1. The number of piperidine rings is 1. The Balaban J connectivity index is 1.94. The molecule has 2 unspecified atom stereocenters. The normalized spacial score (nSPS) is 26.9. The lowest BCUT2D eigenvalue weighted by atomic mass is 10.0. The van der Waals surface area contributed by atoms with E-state index < -0.39 is 0 Å². The summed E-state index contributed by atoms with van der Waals surface area (Å²) < 4.78 is 0. The van der Waals surface area contributed by atoms with Gasteiger partial charge in [0.1, 0.15) is 11.8 Å². The van der Waals surface area contributed by atoms with Gasteiger partial charge in [0.25, 0.3) is 0 Å². The molecule has 88 valence electrons. The lowest BCUT2D eigenvalue weighted by molar-refractivity contribution is 0.433. The highest BCUT2D eigenvalue weighted by Gasteiger charge is 2.36. The number of hydrogen-bond donors (Lipinski definition) is 1. The van der Waals surface area contributed by atoms with Gasteiger partial charge in [0.05, 0.1) is 0 Å². The second-order valence-electron chi connectivity index (χ2n) is 4.87. The minimum Gasteiger partial charge on any atom is -0.336 e. The van der Waals surface area contributed by atoms with Crippen molar-refractivity contribution in [1.82, 2.24) is 15.3 Å². The Kier molecular flexibility index (Phi) is 2.45. The van der Waals surface area contributed by atoms with Gasteiger partial charge in [0.2, 0.25) is 5.95 Å². The average Bonchev–Trinajstić information content (AvgIpc) is 2.63. The van der Waals surface area contributed by atoms with Crippen LogP contribution in [0.15, 0.2) is 6.07 Å². The molecule has 1 aromatic rings. The molecule has 2 fully saturated rings. The molecular weight excluding hydrogens is 214 g/mol. The largest absolute Gasteiger partial charge is 0.336 e. The third-order valence-corrected chi connectivity index (χ3v) is 3.53. The van der Waals surface area contributed by atoms with Crippen molar-refractivity contribution >= 4 is 5.95 Å². The van der Waals surface area contributed by atoms with E-state index in [0.29, 0.717) is 17.7 Å². The monoisotopic (exact) mass is 229 g/mol. The van der Waals surface area contributed by atoms with Gasteiger partial charge in [-0.15, -0.1) is 0 Å². The molecule has 0 amide bonds. The Morgan fingerprint density at radius 2 is 2.35 bits per heavy atom. The summed E-state index contributed by atoms with van der Waals surface area (Å²) in [7, 11) is 0. The maximum Gasteiger partial charge on any atom is 0.227 e. The first-order valence-corrected chi connectivity index (χ1v) is 5.99. The van der Waals surface area contributed by atoms with E-state index >= 15 is 0 Å².